The van der Waals surface area contributed by atoms with Crippen LogP contribution < -0.4 is 5.06 Å². The van der Waals surface area contributed by atoms with Gasteiger partial charge in [-0.15, -0.1) is 4.28 Å². The van der Waals surface area contributed by atoms with E-state index in [1.807, 2.05) is 6.92 Å². The number of unbranched alkanes of at least 4 members (excludes halogenated alkanes) is 4. The first-order valence-corrected chi connectivity index (χ1v) is 9.81. The number of hydrogen-bond acceptors (Lipinski definition) is 4. The van der Waals surface area contributed by atoms with Gasteiger partial charge in [0.15, 0.2) is 0 Å². The minimum absolute atomic E-state index is 0. The van der Waals surface area contributed by atoms with Crippen molar-refractivity contribution < 1.29 is 17.5 Å². The Bertz CT molecular complexity index is 655. The maximum atomic E-state index is 12.3. The molecule has 0 unspecified atom stereocenters. The van der Waals surface area contributed by atoms with Gasteiger partial charge in [0.05, 0.1) is 5.69 Å². The lowest BCUT2D eigenvalue weighted by Crippen LogP contribution is -2.36. The number of amides is 1. The number of rotatable bonds is 8. The second kappa shape index (κ2) is 9.18. The molecule has 1 aromatic carbocycles. The lowest BCUT2D eigenvalue weighted by molar-refractivity contribution is -0.122. The van der Waals surface area contributed by atoms with Gasteiger partial charge in [-0.05, 0) is 37.0 Å². The summed E-state index contributed by atoms with van der Waals surface area (Å²) in [5.74, 6) is -0.339. The second-order valence-corrected chi connectivity index (χ2v) is 7.42. The Kier molecular flexibility index (Phi) is 7.90. The summed E-state index contributed by atoms with van der Waals surface area (Å²) in [5, 5.41) is 0.900. The molecule has 1 heterocycles. The van der Waals surface area contributed by atoms with Crippen molar-refractivity contribution in [2.45, 2.75) is 77.5 Å². The standard InChI is InChI=1S/C17H25NO4S.CH4/c1-3-5-6-7-8-10-14-11-12-15-13-16(14)23(20,21)22-18(15)17(19)9-4-2;/h11-13H,3-10H2,1-2H3;1H4. The zero-order valence-corrected chi connectivity index (χ0v) is 14.7. The van der Waals surface area contributed by atoms with E-state index in [0.29, 0.717) is 18.5 Å². The van der Waals surface area contributed by atoms with Crippen LogP contribution in [-0.4, -0.2) is 14.3 Å². The Hall–Kier alpha value is -1.40. The van der Waals surface area contributed by atoms with E-state index in [9.17, 15) is 13.2 Å². The van der Waals surface area contributed by atoms with Crippen molar-refractivity contribution in [3.63, 3.8) is 0 Å². The number of nitrogens with zero attached hydrogens (tertiary/aromatic N) is 1. The molecule has 1 aliphatic heterocycles. The SMILES string of the molecule is C.CCCCCCCc1ccc2cc1S(=O)(=O)ON2C(=O)CCC. The third-order valence-corrected chi connectivity index (χ3v) is 5.23. The molecule has 0 spiro atoms. The van der Waals surface area contributed by atoms with Gasteiger partial charge in [0.1, 0.15) is 4.90 Å². The van der Waals surface area contributed by atoms with E-state index >= 15 is 0 Å². The summed E-state index contributed by atoms with van der Waals surface area (Å²) in [6, 6.07) is 5.11. The fraction of sp³-hybridized carbons (Fsp3) is 0.611. The van der Waals surface area contributed by atoms with E-state index in [1.54, 1.807) is 18.2 Å². The average molecular weight is 356 g/mol. The molecular formula is C18H29NO4S. The summed E-state index contributed by atoms with van der Waals surface area (Å²) in [7, 11) is -3.91. The van der Waals surface area contributed by atoms with Crippen molar-refractivity contribution in [2.24, 2.45) is 0 Å². The highest BCUT2D eigenvalue weighted by Crippen LogP contribution is 2.33. The summed E-state index contributed by atoms with van der Waals surface area (Å²) >= 11 is 0. The van der Waals surface area contributed by atoms with Crippen molar-refractivity contribution in [2.75, 3.05) is 5.06 Å². The highest BCUT2D eigenvalue weighted by Gasteiger charge is 2.33. The first-order chi connectivity index (χ1) is 11.0. The van der Waals surface area contributed by atoms with Crippen LogP contribution in [0.25, 0.3) is 0 Å². The summed E-state index contributed by atoms with van der Waals surface area (Å²) in [6.45, 7) is 4.03. The highest BCUT2D eigenvalue weighted by atomic mass is 32.2. The first-order valence-electron chi connectivity index (χ1n) is 8.40. The minimum Gasteiger partial charge on any atom is -0.272 e. The van der Waals surface area contributed by atoms with Crippen molar-refractivity contribution in [1.29, 1.82) is 0 Å². The number of anilines is 1. The largest absolute Gasteiger partial charge is 0.318 e. The number of hydrogen-bond donors (Lipinski definition) is 0. The summed E-state index contributed by atoms with van der Waals surface area (Å²) in [4.78, 5) is 12.2. The number of carbonyl (C=O) groups excluding carboxylic acids is 1. The van der Waals surface area contributed by atoms with Gasteiger partial charge in [-0.3, -0.25) is 4.79 Å². The molecule has 0 fully saturated rings. The normalized spacial score (nSPS) is 15.0. The van der Waals surface area contributed by atoms with Crippen molar-refractivity contribution in [1.82, 2.24) is 0 Å². The number of fused-ring (bicyclic) bond motifs is 2. The lowest BCUT2D eigenvalue weighted by atomic mass is 10.0. The predicted octanol–water partition coefficient (Wildman–Crippen LogP) is 4.60. The van der Waals surface area contributed by atoms with Gasteiger partial charge in [-0.2, -0.15) is 13.5 Å². The van der Waals surface area contributed by atoms with E-state index in [0.717, 1.165) is 23.5 Å². The Morgan fingerprint density at radius 1 is 1.08 bits per heavy atom. The van der Waals surface area contributed by atoms with Crippen LogP contribution >= 0.6 is 0 Å². The molecule has 0 radical (unpaired) electrons. The molecule has 0 saturated carbocycles. The Labute approximate surface area is 146 Å². The number of carbonyl (C=O) groups is 1. The molecule has 0 atom stereocenters. The molecule has 0 aliphatic carbocycles. The predicted molar refractivity (Wildman–Crippen MR) is 96.3 cm³/mol. The fourth-order valence-electron chi connectivity index (χ4n) is 2.71. The summed E-state index contributed by atoms with van der Waals surface area (Å²) < 4.78 is 29.6. The van der Waals surface area contributed by atoms with E-state index in [-0.39, 0.29) is 24.7 Å². The van der Waals surface area contributed by atoms with E-state index < -0.39 is 10.1 Å². The second-order valence-electron chi connectivity index (χ2n) is 5.92. The van der Waals surface area contributed by atoms with Crippen LogP contribution in [-0.2, 0) is 25.6 Å². The summed E-state index contributed by atoms with van der Waals surface area (Å²) in [5.41, 5.74) is 1.26. The smallest absolute Gasteiger partial charge is 0.272 e. The van der Waals surface area contributed by atoms with E-state index in [1.165, 1.54) is 19.3 Å². The molecule has 1 aliphatic rings. The molecule has 1 amide bonds. The van der Waals surface area contributed by atoms with Crippen LogP contribution in [0.3, 0.4) is 0 Å². The molecule has 6 heteroatoms. The van der Waals surface area contributed by atoms with Crippen LogP contribution in [0.15, 0.2) is 23.1 Å². The Balaban J connectivity index is 0.00000288. The van der Waals surface area contributed by atoms with Gasteiger partial charge in [0.2, 0.25) is 0 Å². The van der Waals surface area contributed by atoms with Crippen molar-refractivity contribution >= 4 is 21.7 Å². The molecule has 0 aromatic heterocycles. The van der Waals surface area contributed by atoms with Crippen LogP contribution in [0.2, 0.25) is 0 Å². The maximum Gasteiger partial charge on any atom is 0.318 e. The van der Waals surface area contributed by atoms with Gasteiger partial charge >= 0.3 is 10.1 Å². The topological polar surface area (TPSA) is 63.7 Å². The van der Waals surface area contributed by atoms with Crippen molar-refractivity contribution in [3.05, 3.63) is 23.8 Å². The van der Waals surface area contributed by atoms with E-state index in [2.05, 4.69) is 6.92 Å². The fourth-order valence-corrected chi connectivity index (χ4v) is 3.91. The van der Waals surface area contributed by atoms with Gasteiger partial charge in [-0.1, -0.05) is 53.0 Å². The quantitative estimate of drug-likeness (QED) is 0.639. The lowest BCUT2D eigenvalue weighted by Gasteiger charge is -2.27. The monoisotopic (exact) mass is 355 g/mol. The molecule has 136 valence electrons. The number of hydroxylamine groups is 1. The zero-order valence-electron chi connectivity index (χ0n) is 13.9. The number of aryl methyl sites for hydroxylation is 1. The van der Waals surface area contributed by atoms with Gasteiger partial charge in [-0.25, -0.2) is 0 Å². The summed E-state index contributed by atoms with van der Waals surface area (Å²) in [6.07, 6.45) is 7.23. The third kappa shape index (κ3) is 4.80. The van der Waals surface area contributed by atoms with Crippen LogP contribution in [0.5, 0.6) is 0 Å². The van der Waals surface area contributed by atoms with Gasteiger partial charge in [0, 0.05) is 6.42 Å². The molecule has 2 rings (SSSR count). The molecular weight excluding hydrogens is 326 g/mol. The highest BCUT2D eigenvalue weighted by molar-refractivity contribution is 7.87. The molecule has 5 nitrogen and oxygen atoms in total. The van der Waals surface area contributed by atoms with Crippen LogP contribution in [0.4, 0.5) is 5.69 Å². The zero-order chi connectivity index (χ0) is 16.9. The molecule has 2 bridgehead atoms. The van der Waals surface area contributed by atoms with Crippen LogP contribution in [0, 0.1) is 0 Å². The average Bonchev–Trinajstić information content (AvgIpc) is 2.52. The Morgan fingerprint density at radius 2 is 1.79 bits per heavy atom. The molecule has 0 N–H and O–H groups in total. The van der Waals surface area contributed by atoms with Gasteiger partial charge < -0.3 is 0 Å². The molecule has 24 heavy (non-hydrogen) atoms. The first kappa shape index (κ1) is 20.6. The van der Waals surface area contributed by atoms with Gasteiger partial charge in [0.25, 0.3) is 5.91 Å². The third-order valence-electron chi connectivity index (χ3n) is 3.97. The molecule has 1 aromatic rings. The minimum atomic E-state index is -3.91. The van der Waals surface area contributed by atoms with Crippen molar-refractivity contribution in [3.8, 4) is 0 Å². The van der Waals surface area contributed by atoms with Crippen LogP contribution in [0.1, 0.15) is 71.8 Å². The Morgan fingerprint density at radius 3 is 2.46 bits per heavy atom. The van der Waals surface area contributed by atoms with E-state index in [4.69, 9.17) is 4.28 Å². The maximum absolute atomic E-state index is 12.3. The molecule has 0 saturated heterocycles. The number of benzene rings is 1.